The predicted molar refractivity (Wildman–Crippen MR) is 99.6 cm³/mol. The van der Waals surface area contributed by atoms with Gasteiger partial charge in [-0.1, -0.05) is 71.6 Å². The molecule has 1 heterocycles. The second kappa shape index (κ2) is 10.8. The van der Waals surface area contributed by atoms with Crippen LogP contribution in [0.2, 0.25) is 0 Å². The maximum absolute atomic E-state index is 13.2. The molecule has 1 aromatic rings. The van der Waals surface area contributed by atoms with Gasteiger partial charge < -0.3 is 4.74 Å². The van der Waals surface area contributed by atoms with E-state index in [2.05, 4.69) is 18.9 Å². The lowest BCUT2D eigenvalue weighted by Crippen LogP contribution is -2.31. The maximum Gasteiger partial charge on any atom is 0.438 e. The minimum Gasteiger partial charge on any atom is -0.493 e. The lowest BCUT2D eigenvalue weighted by Gasteiger charge is -2.30. The standard InChI is InChI=1S/C20H35F3N2O/c1-5-7-9-11-13-15-19(3,14-12-10-8-6-2)25-16-17(26-4)18(24-25)20(21,22)23/h16H,5-15H2,1-4H3. The van der Waals surface area contributed by atoms with Crippen LogP contribution in [0.5, 0.6) is 5.75 Å². The number of unbranched alkanes of at least 4 members (excludes halogenated alkanes) is 7. The highest BCUT2D eigenvalue weighted by Crippen LogP contribution is 2.38. The zero-order valence-electron chi connectivity index (χ0n) is 16.8. The lowest BCUT2D eigenvalue weighted by atomic mass is 9.88. The van der Waals surface area contributed by atoms with E-state index in [0.717, 1.165) is 51.4 Å². The Bertz CT molecular complexity index is 514. The van der Waals surface area contributed by atoms with Gasteiger partial charge >= 0.3 is 6.18 Å². The summed E-state index contributed by atoms with van der Waals surface area (Å²) in [5, 5.41) is 3.91. The van der Waals surface area contributed by atoms with Crippen molar-refractivity contribution in [2.24, 2.45) is 0 Å². The Balaban J connectivity index is 2.93. The van der Waals surface area contributed by atoms with Crippen LogP contribution in [0.25, 0.3) is 0 Å². The third-order valence-corrected chi connectivity index (χ3v) is 5.11. The number of hydrogen-bond acceptors (Lipinski definition) is 2. The first kappa shape index (κ1) is 22.8. The van der Waals surface area contributed by atoms with Gasteiger partial charge in [-0.05, 0) is 19.8 Å². The fraction of sp³-hybridized carbons (Fsp3) is 0.850. The summed E-state index contributed by atoms with van der Waals surface area (Å²) in [6.07, 6.45) is 8.69. The van der Waals surface area contributed by atoms with Gasteiger partial charge in [0.2, 0.25) is 5.69 Å². The van der Waals surface area contributed by atoms with Crippen LogP contribution in [0.1, 0.15) is 97.1 Å². The summed E-state index contributed by atoms with van der Waals surface area (Å²) in [6.45, 7) is 6.36. The largest absolute Gasteiger partial charge is 0.493 e. The van der Waals surface area contributed by atoms with Crippen LogP contribution in [-0.2, 0) is 11.7 Å². The number of aromatic nitrogens is 2. The molecule has 3 nitrogen and oxygen atoms in total. The molecule has 6 heteroatoms. The zero-order chi connectivity index (χ0) is 19.6. The molecule has 0 saturated heterocycles. The van der Waals surface area contributed by atoms with E-state index < -0.39 is 17.4 Å². The molecular formula is C20H35F3N2O. The Hall–Kier alpha value is -1.20. The number of halogens is 3. The van der Waals surface area contributed by atoms with Gasteiger partial charge in [-0.2, -0.15) is 18.3 Å². The Labute approximate surface area is 156 Å². The Kier molecular flexibility index (Phi) is 9.51. The fourth-order valence-corrected chi connectivity index (χ4v) is 3.38. The molecule has 26 heavy (non-hydrogen) atoms. The van der Waals surface area contributed by atoms with E-state index in [4.69, 9.17) is 4.74 Å². The van der Waals surface area contributed by atoms with Crippen LogP contribution in [0.15, 0.2) is 6.20 Å². The molecule has 1 unspecified atom stereocenters. The molecule has 1 rings (SSSR count). The molecule has 1 aromatic heterocycles. The number of methoxy groups -OCH3 is 1. The van der Waals surface area contributed by atoms with Crippen LogP contribution < -0.4 is 4.74 Å². The smallest absolute Gasteiger partial charge is 0.438 e. The molecule has 0 fully saturated rings. The van der Waals surface area contributed by atoms with Crippen LogP contribution in [0, 0.1) is 0 Å². The number of alkyl halides is 3. The summed E-state index contributed by atoms with van der Waals surface area (Å²) in [7, 11) is 1.26. The van der Waals surface area contributed by atoms with Gasteiger partial charge in [0.05, 0.1) is 18.8 Å². The van der Waals surface area contributed by atoms with Crippen molar-refractivity contribution >= 4 is 0 Å². The summed E-state index contributed by atoms with van der Waals surface area (Å²) in [4.78, 5) is 0. The number of ether oxygens (including phenoxy) is 1. The van der Waals surface area contributed by atoms with Crippen LogP contribution in [0.4, 0.5) is 13.2 Å². The molecule has 0 N–H and O–H groups in total. The zero-order valence-corrected chi connectivity index (χ0v) is 16.8. The maximum atomic E-state index is 13.2. The van der Waals surface area contributed by atoms with E-state index in [0.29, 0.717) is 0 Å². The SMILES string of the molecule is CCCCCCCC(C)(CCCCCC)n1cc(OC)c(C(F)(F)F)n1. The van der Waals surface area contributed by atoms with Crippen molar-refractivity contribution in [3.05, 3.63) is 11.9 Å². The molecule has 0 amide bonds. The summed E-state index contributed by atoms with van der Waals surface area (Å²) < 4.78 is 46.1. The quantitative estimate of drug-likeness (QED) is 0.348. The van der Waals surface area contributed by atoms with Gasteiger partial charge in [0.15, 0.2) is 5.75 Å². The summed E-state index contributed by atoms with van der Waals surface area (Å²) >= 11 is 0. The molecule has 0 aromatic carbocycles. The average Bonchev–Trinajstić information content (AvgIpc) is 3.04. The normalized spacial score (nSPS) is 14.4. The van der Waals surface area contributed by atoms with E-state index in [9.17, 15) is 13.2 Å². The third-order valence-electron chi connectivity index (χ3n) is 5.11. The second-order valence-electron chi connectivity index (χ2n) is 7.46. The van der Waals surface area contributed by atoms with Crippen molar-refractivity contribution in [2.75, 3.05) is 7.11 Å². The molecule has 0 aliphatic heterocycles. The minimum atomic E-state index is -4.50. The van der Waals surface area contributed by atoms with Crippen molar-refractivity contribution in [1.82, 2.24) is 9.78 Å². The summed E-state index contributed by atoms with van der Waals surface area (Å²) in [5.74, 6) is -0.191. The van der Waals surface area contributed by atoms with Crippen molar-refractivity contribution in [2.45, 2.75) is 103 Å². The predicted octanol–water partition coefficient (Wildman–Crippen LogP) is 6.96. The number of rotatable bonds is 13. The van der Waals surface area contributed by atoms with Crippen LogP contribution in [0.3, 0.4) is 0 Å². The lowest BCUT2D eigenvalue weighted by molar-refractivity contribution is -0.142. The minimum absolute atomic E-state index is 0.191. The average molecular weight is 377 g/mol. The Morgan fingerprint density at radius 1 is 0.923 bits per heavy atom. The van der Waals surface area contributed by atoms with E-state index in [1.54, 1.807) is 0 Å². The van der Waals surface area contributed by atoms with Gasteiger partial charge in [-0.15, -0.1) is 0 Å². The first-order valence-corrected chi connectivity index (χ1v) is 9.99. The second-order valence-corrected chi connectivity index (χ2v) is 7.46. The van der Waals surface area contributed by atoms with Crippen LogP contribution in [-0.4, -0.2) is 16.9 Å². The highest BCUT2D eigenvalue weighted by molar-refractivity contribution is 5.27. The molecule has 0 radical (unpaired) electrons. The van der Waals surface area contributed by atoms with Gasteiger partial charge in [0.1, 0.15) is 0 Å². The summed E-state index contributed by atoms with van der Waals surface area (Å²) in [5.41, 5.74) is -1.33. The van der Waals surface area contributed by atoms with Crippen molar-refractivity contribution < 1.29 is 17.9 Å². The van der Waals surface area contributed by atoms with Crippen molar-refractivity contribution in [3.8, 4) is 5.75 Å². The van der Waals surface area contributed by atoms with E-state index in [1.807, 2.05) is 6.92 Å². The van der Waals surface area contributed by atoms with E-state index in [-0.39, 0.29) is 5.75 Å². The van der Waals surface area contributed by atoms with Gasteiger partial charge in [0.25, 0.3) is 0 Å². The Morgan fingerprint density at radius 2 is 1.42 bits per heavy atom. The molecule has 1 atom stereocenters. The van der Waals surface area contributed by atoms with Crippen molar-refractivity contribution in [1.29, 1.82) is 0 Å². The third kappa shape index (κ3) is 6.84. The van der Waals surface area contributed by atoms with Crippen LogP contribution >= 0.6 is 0 Å². The monoisotopic (exact) mass is 376 g/mol. The van der Waals surface area contributed by atoms with Gasteiger partial charge in [0, 0.05) is 0 Å². The van der Waals surface area contributed by atoms with Gasteiger partial charge in [-0.3, -0.25) is 4.68 Å². The molecule has 0 saturated carbocycles. The molecule has 0 aliphatic rings. The highest BCUT2D eigenvalue weighted by atomic mass is 19.4. The molecule has 152 valence electrons. The first-order valence-electron chi connectivity index (χ1n) is 9.99. The van der Waals surface area contributed by atoms with Gasteiger partial charge in [-0.25, -0.2) is 0 Å². The number of nitrogens with zero attached hydrogens (tertiary/aromatic N) is 2. The molecular weight excluding hydrogens is 341 g/mol. The van der Waals surface area contributed by atoms with Crippen molar-refractivity contribution in [3.63, 3.8) is 0 Å². The molecule has 0 aliphatic carbocycles. The molecule has 0 bridgehead atoms. The Morgan fingerprint density at radius 3 is 1.85 bits per heavy atom. The summed E-state index contributed by atoms with van der Waals surface area (Å²) in [6, 6.07) is 0. The first-order chi connectivity index (χ1) is 12.3. The molecule has 0 spiro atoms. The highest BCUT2D eigenvalue weighted by Gasteiger charge is 2.40. The van der Waals surface area contributed by atoms with E-state index in [1.165, 1.54) is 37.3 Å². The number of hydrogen-bond donors (Lipinski definition) is 0. The topological polar surface area (TPSA) is 27.1 Å². The fourth-order valence-electron chi connectivity index (χ4n) is 3.38. The van der Waals surface area contributed by atoms with E-state index >= 15 is 0 Å².